The lowest BCUT2D eigenvalue weighted by Crippen LogP contribution is -2.22. The zero-order valence-electron chi connectivity index (χ0n) is 8.93. The molecule has 0 saturated heterocycles. The molecule has 0 aliphatic heterocycles. The van der Waals surface area contributed by atoms with Crippen molar-refractivity contribution in [3.63, 3.8) is 0 Å². The molecule has 1 unspecified atom stereocenters. The summed E-state index contributed by atoms with van der Waals surface area (Å²) in [6.07, 6.45) is 0. The van der Waals surface area contributed by atoms with Gasteiger partial charge in [0.05, 0.1) is 22.2 Å². The Balaban J connectivity index is 2.64. The molecule has 2 N–H and O–H groups in total. The zero-order valence-corrected chi connectivity index (χ0v) is 10.6. The topological polar surface area (TPSA) is 73.0 Å². The van der Waals surface area contributed by atoms with Gasteiger partial charge in [-0.2, -0.15) is 0 Å². The van der Waals surface area contributed by atoms with Crippen molar-refractivity contribution in [3.8, 4) is 0 Å². The van der Waals surface area contributed by atoms with Crippen LogP contribution in [0.1, 0.15) is 17.6 Å². The SMILES string of the molecule is Cc1nc(CS(=O)(=O)CC(C)CN)cs1. The van der Waals surface area contributed by atoms with E-state index in [9.17, 15) is 8.42 Å². The molecule has 0 radical (unpaired) electrons. The Bertz CT molecular complexity index is 412. The lowest BCUT2D eigenvalue weighted by Gasteiger charge is -2.07. The average Bonchev–Trinajstić information content (AvgIpc) is 2.49. The molecule has 1 atom stereocenters. The Morgan fingerprint density at radius 1 is 1.60 bits per heavy atom. The van der Waals surface area contributed by atoms with Crippen LogP contribution in [0.25, 0.3) is 0 Å². The van der Waals surface area contributed by atoms with Gasteiger partial charge in [-0.05, 0) is 19.4 Å². The van der Waals surface area contributed by atoms with Crippen LogP contribution < -0.4 is 5.73 Å². The summed E-state index contributed by atoms with van der Waals surface area (Å²) in [7, 11) is -3.07. The molecule has 86 valence electrons. The monoisotopic (exact) mass is 248 g/mol. The highest BCUT2D eigenvalue weighted by atomic mass is 32.2. The van der Waals surface area contributed by atoms with Gasteiger partial charge < -0.3 is 5.73 Å². The van der Waals surface area contributed by atoms with Crippen LogP contribution in [0.2, 0.25) is 0 Å². The molecule has 1 aromatic rings. The number of aryl methyl sites for hydroxylation is 1. The standard InChI is InChI=1S/C9H16N2O2S2/c1-7(3-10)5-15(12,13)6-9-4-14-8(2)11-9/h4,7H,3,5-6,10H2,1-2H3. The van der Waals surface area contributed by atoms with Gasteiger partial charge in [0.25, 0.3) is 0 Å². The highest BCUT2D eigenvalue weighted by molar-refractivity contribution is 7.90. The molecule has 0 aliphatic carbocycles. The van der Waals surface area contributed by atoms with Gasteiger partial charge >= 0.3 is 0 Å². The molecule has 1 aromatic heterocycles. The first-order chi connectivity index (χ1) is 6.93. The number of nitrogens with zero attached hydrogens (tertiary/aromatic N) is 1. The fourth-order valence-corrected chi connectivity index (χ4v) is 3.70. The van der Waals surface area contributed by atoms with Gasteiger partial charge in [-0.15, -0.1) is 11.3 Å². The van der Waals surface area contributed by atoms with Gasteiger partial charge in [0.1, 0.15) is 0 Å². The van der Waals surface area contributed by atoms with Gasteiger partial charge in [0.2, 0.25) is 0 Å². The number of aromatic nitrogens is 1. The number of thiazole rings is 1. The summed E-state index contributed by atoms with van der Waals surface area (Å²) in [6, 6.07) is 0. The molecule has 0 bridgehead atoms. The molecule has 6 heteroatoms. The van der Waals surface area contributed by atoms with Crippen molar-refractivity contribution in [2.24, 2.45) is 11.7 Å². The minimum atomic E-state index is -3.07. The second-order valence-electron chi connectivity index (χ2n) is 3.75. The average molecular weight is 248 g/mol. The minimum Gasteiger partial charge on any atom is -0.330 e. The normalized spacial score (nSPS) is 14.1. The minimum absolute atomic E-state index is 0.00901. The Labute approximate surface area is 94.4 Å². The van der Waals surface area contributed by atoms with Crippen molar-refractivity contribution in [1.82, 2.24) is 4.98 Å². The summed E-state index contributed by atoms with van der Waals surface area (Å²) in [5, 5.41) is 2.69. The molecule has 0 spiro atoms. The van der Waals surface area contributed by atoms with E-state index >= 15 is 0 Å². The summed E-state index contributed by atoms with van der Waals surface area (Å²) < 4.78 is 23.4. The Morgan fingerprint density at radius 2 is 2.27 bits per heavy atom. The predicted molar refractivity (Wildman–Crippen MR) is 62.6 cm³/mol. The molecule has 0 aliphatic rings. The first-order valence-corrected chi connectivity index (χ1v) is 7.44. The zero-order chi connectivity index (χ0) is 11.5. The van der Waals surface area contributed by atoms with Crippen LogP contribution >= 0.6 is 11.3 Å². The lowest BCUT2D eigenvalue weighted by atomic mass is 10.2. The summed E-state index contributed by atoms with van der Waals surface area (Å²) in [6.45, 7) is 4.10. The van der Waals surface area contributed by atoms with E-state index in [1.807, 2.05) is 13.8 Å². The summed E-state index contributed by atoms with van der Waals surface area (Å²) in [5.74, 6) is 0.177. The van der Waals surface area contributed by atoms with Crippen molar-refractivity contribution < 1.29 is 8.42 Å². The van der Waals surface area contributed by atoms with Crippen LogP contribution in [0.3, 0.4) is 0 Å². The third kappa shape index (κ3) is 4.27. The maximum atomic E-state index is 11.7. The first kappa shape index (κ1) is 12.6. The van der Waals surface area contributed by atoms with Gasteiger partial charge in [-0.1, -0.05) is 6.92 Å². The maximum absolute atomic E-state index is 11.7. The van der Waals surface area contributed by atoms with Crippen molar-refractivity contribution in [1.29, 1.82) is 0 Å². The van der Waals surface area contributed by atoms with Crippen LogP contribution in [-0.2, 0) is 15.6 Å². The van der Waals surface area contributed by atoms with E-state index in [2.05, 4.69) is 4.98 Å². The molecular weight excluding hydrogens is 232 g/mol. The summed E-state index contributed by atoms with van der Waals surface area (Å²) in [5.41, 5.74) is 6.04. The maximum Gasteiger partial charge on any atom is 0.156 e. The fraction of sp³-hybridized carbons (Fsp3) is 0.667. The number of hydrogen-bond donors (Lipinski definition) is 1. The second kappa shape index (κ2) is 5.05. The fourth-order valence-electron chi connectivity index (χ4n) is 1.26. The molecule has 0 fully saturated rings. The van der Waals surface area contributed by atoms with Gasteiger partial charge in [-0.25, -0.2) is 13.4 Å². The van der Waals surface area contributed by atoms with E-state index < -0.39 is 9.84 Å². The Hall–Kier alpha value is -0.460. The third-order valence-corrected chi connectivity index (χ3v) is 4.61. The highest BCUT2D eigenvalue weighted by Gasteiger charge is 2.17. The quantitative estimate of drug-likeness (QED) is 0.842. The van der Waals surface area contributed by atoms with Gasteiger partial charge in [-0.3, -0.25) is 0 Å². The number of rotatable bonds is 5. The van der Waals surface area contributed by atoms with Crippen LogP contribution in [0, 0.1) is 12.8 Å². The molecule has 0 saturated carbocycles. The highest BCUT2D eigenvalue weighted by Crippen LogP contribution is 2.13. The van der Waals surface area contributed by atoms with Crippen molar-refractivity contribution >= 4 is 21.2 Å². The number of sulfone groups is 1. The smallest absolute Gasteiger partial charge is 0.156 e. The largest absolute Gasteiger partial charge is 0.330 e. The molecule has 15 heavy (non-hydrogen) atoms. The van der Waals surface area contributed by atoms with Gasteiger partial charge in [0.15, 0.2) is 9.84 Å². The number of nitrogens with two attached hydrogens (primary N) is 1. The first-order valence-electron chi connectivity index (χ1n) is 4.74. The molecule has 1 heterocycles. The van der Waals surface area contributed by atoms with Crippen LogP contribution in [0.15, 0.2) is 5.38 Å². The lowest BCUT2D eigenvalue weighted by molar-refractivity contribution is 0.572. The van der Waals surface area contributed by atoms with E-state index in [0.29, 0.717) is 12.2 Å². The summed E-state index contributed by atoms with van der Waals surface area (Å²) >= 11 is 1.47. The van der Waals surface area contributed by atoms with Crippen LogP contribution in [0.5, 0.6) is 0 Å². The van der Waals surface area contributed by atoms with Crippen molar-refractivity contribution in [2.45, 2.75) is 19.6 Å². The molecule has 4 nitrogen and oxygen atoms in total. The van der Waals surface area contributed by atoms with E-state index in [4.69, 9.17) is 5.73 Å². The molecule has 1 rings (SSSR count). The number of hydrogen-bond acceptors (Lipinski definition) is 5. The van der Waals surface area contributed by atoms with Crippen molar-refractivity contribution in [2.75, 3.05) is 12.3 Å². The van der Waals surface area contributed by atoms with Crippen LogP contribution in [0.4, 0.5) is 0 Å². The van der Waals surface area contributed by atoms with E-state index in [1.165, 1.54) is 11.3 Å². The third-order valence-electron chi connectivity index (χ3n) is 1.98. The molecule has 0 aromatic carbocycles. The summed E-state index contributed by atoms with van der Waals surface area (Å²) in [4.78, 5) is 4.14. The van der Waals surface area contributed by atoms with E-state index in [0.717, 1.165) is 5.01 Å². The van der Waals surface area contributed by atoms with Gasteiger partial charge in [0, 0.05) is 5.38 Å². The predicted octanol–water partition coefficient (Wildman–Crippen LogP) is 0.961. The van der Waals surface area contributed by atoms with E-state index in [1.54, 1.807) is 5.38 Å². The van der Waals surface area contributed by atoms with Crippen LogP contribution in [-0.4, -0.2) is 25.7 Å². The Morgan fingerprint density at radius 3 is 2.73 bits per heavy atom. The van der Waals surface area contributed by atoms with E-state index in [-0.39, 0.29) is 17.4 Å². The molecular formula is C9H16N2O2S2. The molecule has 0 amide bonds. The Kier molecular flexibility index (Phi) is 4.24. The second-order valence-corrected chi connectivity index (χ2v) is 6.92. The van der Waals surface area contributed by atoms with Crippen molar-refractivity contribution in [3.05, 3.63) is 16.1 Å².